The lowest BCUT2D eigenvalue weighted by Gasteiger charge is -2.44. The summed E-state index contributed by atoms with van der Waals surface area (Å²) in [7, 11) is 0. The second kappa shape index (κ2) is 6.86. The molecular formula is C23H22Cl2. The molecule has 2 heteroatoms. The van der Waals surface area contributed by atoms with Gasteiger partial charge in [-0.05, 0) is 46.4 Å². The summed E-state index contributed by atoms with van der Waals surface area (Å²) in [5, 5.41) is 1.50. The molecule has 1 aliphatic carbocycles. The standard InChI is InChI=1S/C23H22Cl2/c1-22(2,16-17-6-4-5-7-17)23(3,18-8-12-20(24)13-9-18)19-10-14-21(25)15-11-19/h4-16H,1-3H3. The molecule has 0 atom stereocenters. The van der Waals surface area contributed by atoms with Crippen LogP contribution in [0.4, 0.5) is 0 Å². The molecule has 2 aromatic carbocycles. The number of benzene rings is 2. The maximum absolute atomic E-state index is 6.13. The lowest BCUT2D eigenvalue weighted by atomic mass is 9.59. The van der Waals surface area contributed by atoms with Crippen molar-refractivity contribution in [2.75, 3.05) is 0 Å². The highest BCUT2D eigenvalue weighted by atomic mass is 35.5. The maximum atomic E-state index is 6.13. The molecule has 0 nitrogen and oxygen atoms in total. The van der Waals surface area contributed by atoms with E-state index in [1.54, 1.807) is 0 Å². The summed E-state index contributed by atoms with van der Waals surface area (Å²) in [6.07, 6.45) is 10.8. The average molecular weight is 369 g/mol. The summed E-state index contributed by atoms with van der Waals surface area (Å²) in [6, 6.07) is 16.3. The number of hydrogen-bond donors (Lipinski definition) is 0. The lowest BCUT2D eigenvalue weighted by molar-refractivity contribution is 0.293. The fourth-order valence-electron chi connectivity index (χ4n) is 3.52. The van der Waals surface area contributed by atoms with Gasteiger partial charge in [-0.2, -0.15) is 0 Å². The maximum Gasteiger partial charge on any atom is 0.0406 e. The van der Waals surface area contributed by atoms with E-state index < -0.39 is 0 Å². The van der Waals surface area contributed by atoms with Crippen LogP contribution < -0.4 is 0 Å². The zero-order chi connectivity index (χ0) is 18.1. The Balaban J connectivity index is 2.19. The van der Waals surface area contributed by atoms with E-state index in [2.05, 4.69) is 75.4 Å². The van der Waals surface area contributed by atoms with E-state index in [0.29, 0.717) is 0 Å². The van der Waals surface area contributed by atoms with Crippen LogP contribution in [-0.2, 0) is 5.41 Å². The Morgan fingerprint density at radius 1 is 0.680 bits per heavy atom. The Morgan fingerprint density at radius 2 is 1.08 bits per heavy atom. The van der Waals surface area contributed by atoms with Crippen LogP contribution in [0.15, 0.2) is 84.5 Å². The van der Waals surface area contributed by atoms with E-state index in [-0.39, 0.29) is 10.8 Å². The van der Waals surface area contributed by atoms with Crippen LogP contribution in [0.2, 0.25) is 10.0 Å². The number of halogens is 2. The fraction of sp³-hybridized carbons (Fsp3) is 0.217. The van der Waals surface area contributed by atoms with Gasteiger partial charge in [-0.1, -0.05) is 98.6 Å². The van der Waals surface area contributed by atoms with Gasteiger partial charge in [0.05, 0.1) is 0 Å². The van der Waals surface area contributed by atoms with Gasteiger partial charge in [-0.15, -0.1) is 0 Å². The molecule has 3 rings (SSSR count). The molecule has 1 aliphatic rings. The Morgan fingerprint density at radius 3 is 1.48 bits per heavy atom. The van der Waals surface area contributed by atoms with Crippen molar-refractivity contribution in [1.82, 2.24) is 0 Å². The number of hydrogen-bond acceptors (Lipinski definition) is 0. The third kappa shape index (κ3) is 3.47. The zero-order valence-corrected chi connectivity index (χ0v) is 16.3. The van der Waals surface area contributed by atoms with Gasteiger partial charge in [0.25, 0.3) is 0 Å². The van der Waals surface area contributed by atoms with E-state index in [1.807, 2.05) is 24.3 Å². The largest absolute Gasteiger partial charge is 0.0843 e. The topological polar surface area (TPSA) is 0 Å². The molecule has 0 heterocycles. The minimum Gasteiger partial charge on any atom is -0.0843 e. The first kappa shape index (κ1) is 18.0. The predicted octanol–water partition coefficient (Wildman–Crippen LogP) is 7.38. The fourth-order valence-corrected chi connectivity index (χ4v) is 3.78. The van der Waals surface area contributed by atoms with Gasteiger partial charge < -0.3 is 0 Å². The van der Waals surface area contributed by atoms with Crippen molar-refractivity contribution in [2.24, 2.45) is 5.41 Å². The summed E-state index contributed by atoms with van der Waals surface area (Å²) in [5.74, 6) is 0. The van der Waals surface area contributed by atoms with Crippen LogP contribution in [0.5, 0.6) is 0 Å². The highest BCUT2D eigenvalue weighted by molar-refractivity contribution is 6.30. The summed E-state index contributed by atoms with van der Waals surface area (Å²) < 4.78 is 0. The average Bonchev–Trinajstić information content (AvgIpc) is 3.07. The third-order valence-corrected chi connectivity index (χ3v) is 5.85. The van der Waals surface area contributed by atoms with Crippen molar-refractivity contribution in [3.8, 4) is 0 Å². The quantitative estimate of drug-likeness (QED) is 0.527. The number of rotatable bonds is 4. The van der Waals surface area contributed by atoms with Crippen molar-refractivity contribution in [2.45, 2.75) is 26.2 Å². The summed E-state index contributed by atoms with van der Waals surface area (Å²) >= 11 is 12.3. The lowest BCUT2D eigenvalue weighted by Crippen LogP contribution is -2.39. The van der Waals surface area contributed by atoms with Crippen molar-refractivity contribution in [1.29, 1.82) is 0 Å². The summed E-state index contributed by atoms with van der Waals surface area (Å²) in [6.45, 7) is 6.85. The Labute approximate surface area is 160 Å². The normalized spacial score (nSPS) is 14.2. The highest BCUT2D eigenvalue weighted by Gasteiger charge is 2.42. The van der Waals surface area contributed by atoms with Gasteiger partial charge >= 0.3 is 0 Å². The van der Waals surface area contributed by atoms with Crippen molar-refractivity contribution in [3.05, 3.63) is 106 Å². The van der Waals surface area contributed by atoms with E-state index in [9.17, 15) is 0 Å². The van der Waals surface area contributed by atoms with E-state index in [0.717, 1.165) is 10.0 Å². The van der Waals surface area contributed by atoms with Gasteiger partial charge in [-0.3, -0.25) is 0 Å². The molecule has 25 heavy (non-hydrogen) atoms. The Bertz CT molecular complexity index is 775. The van der Waals surface area contributed by atoms with Gasteiger partial charge in [-0.25, -0.2) is 0 Å². The van der Waals surface area contributed by atoms with Crippen molar-refractivity contribution in [3.63, 3.8) is 0 Å². The zero-order valence-electron chi connectivity index (χ0n) is 14.8. The van der Waals surface area contributed by atoms with Gasteiger partial charge in [0.15, 0.2) is 0 Å². The molecule has 2 aromatic rings. The number of allylic oxidation sites excluding steroid dienone is 6. The minimum absolute atomic E-state index is 0.136. The smallest absolute Gasteiger partial charge is 0.0406 e. The first-order chi connectivity index (χ1) is 11.8. The van der Waals surface area contributed by atoms with Gasteiger partial charge in [0.1, 0.15) is 0 Å². The SMILES string of the molecule is CC(C)(C=C1C=CC=C1)C(C)(c1ccc(Cl)cc1)c1ccc(Cl)cc1. The Kier molecular flexibility index (Phi) is 4.95. The van der Waals surface area contributed by atoms with Crippen molar-refractivity contribution < 1.29 is 0 Å². The molecule has 0 saturated carbocycles. The molecule has 0 unspecified atom stereocenters. The van der Waals surface area contributed by atoms with Crippen LogP contribution in [0.3, 0.4) is 0 Å². The van der Waals surface area contributed by atoms with Gasteiger partial charge in [0, 0.05) is 15.5 Å². The van der Waals surface area contributed by atoms with Crippen molar-refractivity contribution >= 4 is 23.2 Å². The molecule has 0 bridgehead atoms. The molecule has 0 fully saturated rings. The molecule has 0 spiro atoms. The summed E-state index contributed by atoms with van der Waals surface area (Å²) in [4.78, 5) is 0. The molecule has 0 aliphatic heterocycles. The van der Waals surface area contributed by atoms with Crippen LogP contribution in [-0.4, -0.2) is 0 Å². The molecule has 0 radical (unpaired) electrons. The molecule has 0 aromatic heterocycles. The molecule has 128 valence electrons. The van der Waals surface area contributed by atoms with E-state index in [4.69, 9.17) is 23.2 Å². The second-order valence-electron chi connectivity index (χ2n) is 7.22. The van der Waals surface area contributed by atoms with E-state index >= 15 is 0 Å². The molecule has 0 amide bonds. The van der Waals surface area contributed by atoms with Crippen LogP contribution in [0.25, 0.3) is 0 Å². The predicted molar refractivity (Wildman–Crippen MR) is 110 cm³/mol. The summed E-state index contributed by atoms with van der Waals surface area (Å²) in [5.41, 5.74) is 3.32. The highest BCUT2D eigenvalue weighted by Crippen LogP contribution is 2.49. The van der Waals surface area contributed by atoms with E-state index in [1.165, 1.54) is 16.7 Å². The Hall–Kier alpha value is -1.76. The van der Waals surface area contributed by atoms with Crippen LogP contribution in [0.1, 0.15) is 31.9 Å². The molecule has 0 saturated heterocycles. The van der Waals surface area contributed by atoms with Gasteiger partial charge in [0.2, 0.25) is 0 Å². The van der Waals surface area contributed by atoms with Crippen LogP contribution >= 0.6 is 23.2 Å². The first-order valence-corrected chi connectivity index (χ1v) is 9.18. The minimum atomic E-state index is -0.237. The van der Waals surface area contributed by atoms with Crippen LogP contribution in [0, 0.1) is 5.41 Å². The third-order valence-electron chi connectivity index (χ3n) is 5.35. The molecule has 0 N–H and O–H groups in total. The monoisotopic (exact) mass is 368 g/mol. The molecular weight excluding hydrogens is 347 g/mol. The second-order valence-corrected chi connectivity index (χ2v) is 8.10. The first-order valence-electron chi connectivity index (χ1n) is 8.43.